The predicted molar refractivity (Wildman–Crippen MR) is 69.7 cm³/mol. The molecule has 0 bridgehead atoms. The number of aryl methyl sites for hydroxylation is 1. The molecule has 0 aromatic carbocycles. The fourth-order valence-electron chi connectivity index (χ4n) is 1.58. The average Bonchev–Trinajstić information content (AvgIpc) is 2.88. The number of aromatic amines is 1. The van der Waals surface area contributed by atoms with Crippen LogP contribution in [0.25, 0.3) is 0 Å². The summed E-state index contributed by atoms with van der Waals surface area (Å²) >= 11 is 0. The lowest BCUT2D eigenvalue weighted by Gasteiger charge is -2.11. The van der Waals surface area contributed by atoms with Crippen LogP contribution in [0.5, 0.6) is 0 Å². The number of imidazole rings is 1. The third-order valence-electron chi connectivity index (χ3n) is 2.78. The molecule has 0 fully saturated rings. The van der Waals surface area contributed by atoms with E-state index < -0.39 is 11.9 Å². The van der Waals surface area contributed by atoms with Gasteiger partial charge in [-0.05, 0) is 12.8 Å². The first kappa shape index (κ1) is 15.0. The van der Waals surface area contributed by atoms with Gasteiger partial charge in [0.1, 0.15) is 5.82 Å². The summed E-state index contributed by atoms with van der Waals surface area (Å²) in [5.74, 6) is -0.534. The van der Waals surface area contributed by atoms with Crippen LogP contribution in [0.15, 0.2) is 12.4 Å². The molecule has 7 heteroatoms. The van der Waals surface area contributed by atoms with Gasteiger partial charge >= 0.3 is 12.0 Å². The zero-order valence-corrected chi connectivity index (χ0v) is 11.0. The largest absolute Gasteiger partial charge is 0.481 e. The van der Waals surface area contributed by atoms with Gasteiger partial charge in [-0.25, -0.2) is 9.78 Å². The molecule has 4 N–H and O–H groups in total. The number of nitrogens with zero attached hydrogens (tertiary/aromatic N) is 1. The molecule has 0 aliphatic rings. The van der Waals surface area contributed by atoms with Crippen LogP contribution >= 0.6 is 0 Å². The summed E-state index contributed by atoms with van der Waals surface area (Å²) in [5.41, 5.74) is 0. The third kappa shape index (κ3) is 5.89. The molecule has 1 atom stereocenters. The summed E-state index contributed by atoms with van der Waals surface area (Å²) in [6.45, 7) is 2.45. The summed E-state index contributed by atoms with van der Waals surface area (Å²) in [5, 5.41) is 14.1. The van der Waals surface area contributed by atoms with Crippen LogP contribution in [-0.2, 0) is 11.2 Å². The van der Waals surface area contributed by atoms with Gasteiger partial charge in [0.05, 0.1) is 5.92 Å². The lowest BCUT2D eigenvalue weighted by Crippen LogP contribution is -2.40. The highest BCUT2D eigenvalue weighted by atomic mass is 16.4. The third-order valence-corrected chi connectivity index (χ3v) is 2.78. The smallest absolute Gasteiger partial charge is 0.314 e. The van der Waals surface area contributed by atoms with Gasteiger partial charge in [-0.1, -0.05) is 6.92 Å². The topological polar surface area (TPSA) is 107 Å². The molecule has 1 rings (SSSR count). The molecule has 106 valence electrons. The second kappa shape index (κ2) is 8.12. The van der Waals surface area contributed by atoms with Crippen LogP contribution in [0.1, 0.15) is 25.6 Å². The number of carbonyl (C=O) groups is 2. The fraction of sp³-hybridized carbons (Fsp3) is 0.583. The van der Waals surface area contributed by atoms with Crippen LogP contribution in [0, 0.1) is 5.92 Å². The summed E-state index contributed by atoms with van der Waals surface area (Å²) in [4.78, 5) is 29.2. The predicted octanol–water partition coefficient (Wildman–Crippen LogP) is 0.752. The minimum Gasteiger partial charge on any atom is -0.481 e. The van der Waals surface area contributed by atoms with Gasteiger partial charge < -0.3 is 20.7 Å². The van der Waals surface area contributed by atoms with Crippen molar-refractivity contribution in [3.05, 3.63) is 18.2 Å². The highest BCUT2D eigenvalue weighted by Crippen LogP contribution is 2.00. The minimum atomic E-state index is -0.888. The maximum absolute atomic E-state index is 11.4. The number of carbonyl (C=O) groups excluding carboxylic acids is 1. The number of carboxylic acid groups (broad SMARTS) is 1. The van der Waals surface area contributed by atoms with E-state index in [1.165, 1.54) is 0 Å². The standard InChI is InChI=1S/C12H20N4O3/c1-2-9(11(17)18)8-16-12(19)15-5-3-4-10-13-6-7-14-10/h6-7,9H,2-5,8H2,1H3,(H,13,14)(H,17,18)(H2,15,16,19). The molecule has 1 heterocycles. The number of H-pyrrole nitrogens is 1. The number of hydrogen-bond donors (Lipinski definition) is 4. The zero-order chi connectivity index (χ0) is 14.1. The Kier molecular flexibility index (Phi) is 6.42. The average molecular weight is 268 g/mol. The van der Waals surface area contributed by atoms with Gasteiger partial charge in [0.25, 0.3) is 0 Å². The van der Waals surface area contributed by atoms with E-state index in [1.54, 1.807) is 19.3 Å². The fourth-order valence-corrected chi connectivity index (χ4v) is 1.58. The van der Waals surface area contributed by atoms with Crippen molar-refractivity contribution in [2.45, 2.75) is 26.2 Å². The number of urea groups is 1. The van der Waals surface area contributed by atoms with Gasteiger partial charge in [0, 0.05) is 31.9 Å². The molecule has 0 saturated heterocycles. The second-order valence-corrected chi connectivity index (χ2v) is 4.22. The van der Waals surface area contributed by atoms with E-state index in [2.05, 4.69) is 20.6 Å². The van der Waals surface area contributed by atoms with Crippen LogP contribution in [0.2, 0.25) is 0 Å². The van der Waals surface area contributed by atoms with Crippen LogP contribution in [0.3, 0.4) is 0 Å². The van der Waals surface area contributed by atoms with Crippen molar-refractivity contribution in [2.24, 2.45) is 5.92 Å². The molecule has 1 unspecified atom stereocenters. The number of amides is 2. The Labute approximate surface area is 111 Å². The molecule has 0 aliphatic heterocycles. The molecular weight excluding hydrogens is 248 g/mol. The van der Waals surface area contributed by atoms with Gasteiger partial charge in [0.2, 0.25) is 0 Å². The first-order valence-electron chi connectivity index (χ1n) is 6.36. The van der Waals surface area contributed by atoms with Crippen LogP contribution in [-0.4, -0.2) is 40.2 Å². The van der Waals surface area contributed by atoms with Crippen molar-refractivity contribution in [2.75, 3.05) is 13.1 Å². The quantitative estimate of drug-likeness (QED) is 0.522. The van der Waals surface area contributed by atoms with Crippen molar-refractivity contribution >= 4 is 12.0 Å². The molecule has 19 heavy (non-hydrogen) atoms. The molecule has 1 aromatic heterocycles. The Morgan fingerprint density at radius 3 is 2.84 bits per heavy atom. The second-order valence-electron chi connectivity index (χ2n) is 4.22. The molecule has 0 spiro atoms. The highest BCUT2D eigenvalue weighted by Gasteiger charge is 2.15. The Morgan fingerprint density at radius 1 is 1.47 bits per heavy atom. The minimum absolute atomic E-state index is 0.149. The SMILES string of the molecule is CCC(CNC(=O)NCCCc1ncc[nH]1)C(=O)O. The van der Waals surface area contributed by atoms with Crippen molar-refractivity contribution in [1.29, 1.82) is 0 Å². The van der Waals surface area contributed by atoms with Gasteiger partial charge in [0.15, 0.2) is 0 Å². The normalized spacial score (nSPS) is 11.8. The number of rotatable bonds is 8. The van der Waals surface area contributed by atoms with E-state index in [4.69, 9.17) is 5.11 Å². The Bertz CT molecular complexity index is 392. The molecule has 0 saturated carbocycles. The first-order valence-corrected chi connectivity index (χ1v) is 6.36. The van der Waals surface area contributed by atoms with Crippen LogP contribution in [0.4, 0.5) is 4.79 Å². The maximum atomic E-state index is 11.4. The van der Waals surface area contributed by atoms with E-state index in [9.17, 15) is 9.59 Å². The lowest BCUT2D eigenvalue weighted by molar-refractivity contribution is -0.141. The molecule has 7 nitrogen and oxygen atoms in total. The monoisotopic (exact) mass is 268 g/mol. The Balaban J connectivity index is 2.09. The molecule has 1 aromatic rings. The number of hydrogen-bond acceptors (Lipinski definition) is 3. The summed E-state index contributed by atoms with van der Waals surface area (Å²) in [6.07, 6.45) is 5.48. The number of aromatic nitrogens is 2. The van der Waals surface area contributed by atoms with Gasteiger partial charge in [-0.3, -0.25) is 4.79 Å². The number of nitrogens with one attached hydrogen (secondary N) is 3. The van der Waals surface area contributed by atoms with Gasteiger partial charge in [-0.2, -0.15) is 0 Å². The van der Waals surface area contributed by atoms with Crippen LogP contribution < -0.4 is 10.6 Å². The Hall–Kier alpha value is -2.05. The van der Waals surface area contributed by atoms with Crippen molar-refractivity contribution < 1.29 is 14.7 Å². The van der Waals surface area contributed by atoms with Crippen molar-refractivity contribution in [3.8, 4) is 0 Å². The van der Waals surface area contributed by atoms with Crippen molar-refractivity contribution in [3.63, 3.8) is 0 Å². The first-order chi connectivity index (χ1) is 9.13. The van der Waals surface area contributed by atoms with E-state index in [0.29, 0.717) is 13.0 Å². The Morgan fingerprint density at radius 2 is 2.26 bits per heavy atom. The van der Waals surface area contributed by atoms with E-state index in [1.807, 2.05) is 0 Å². The van der Waals surface area contributed by atoms with E-state index >= 15 is 0 Å². The summed E-state index contributed by atoms with van der Waals surface area (Å²) in [6, 6.07) is -0.334. The summed E-state index contributed by atoms with van der Waals surface area (Å²) < 4.78 is 0. The summed E-state index contributed by atoms with van der Waals surface area (Å²) in [7, 11) is 0. The zero-order valence-electron chi connectivity index (χ0n) is 11.0. The number of carboxylic acids is 1. The van der Waals surface area contributed by atoms with E-state index in [0.717, 1.165) is 18.7 Å². The molecule has 0 aliphatic carbocycles. The molecular formula is C12H20N4O3. The highest BCUT2D eigenvalue weighted by molar-refractivity contribution is 5.75. The van der Waals surface area contributed by atoms with Gasteiger partial charge in [-0.15, -0.1) is 0 Å². The maximum Gasteiger partial charge on any atom is 0.314 e. The van der Waals surface area contributed by atoms with Crippen molar-refractivity contribution in [1.82, 2.24) is 20.6 Å². The van der Waals surface area contributed by atoms with E-state index in [-0.39, 0.29) is 12.6 Å². The lowest BCUT2D eigenvalue weighted by atomic mass is 10.1. The molecule has 0 radical (unpaired) electrons. The molecule has 2 amide bonds. The number of aliphatic carboxylic acids is 1.